The van der Waals surface area contributed by atoms with Gasteiger partial charge in [-0.25, -0.2) is 0 Å². The van der Waals surface area contributed by atoms with E-state index in [4.69, 9.17) is 0 Å². The maximum atomic E-state index is 2.56. The molecule has 208 valence electrons. The molecule has 2 heteroatoms. The molecule has 7 aromatic carbocycles. The first-order valence-corrected chi connectivity index (χ1v) is 16.0. The van der Waals surface area contributed by atoms with Crippen LogP contribution in [0.25, 0.3) is 98.1 Å². The number of aromatic nitrogens is 2. The molecule has 0 unspecified atom stereocenters. The molecule has 0 atom stereocenters. The quantitative estimate of drug-likeness (QED) is 0.171. The van der Waals surface area contributed by atoms with Crippen LogP contribution in [0.5, 0.6) is 0 Å². The van der Waals surface area contributed by atoms with Gasteiger partial charge in [0.1, 0.15) is 0 Å². The van der Waals surface area contributed by atoms with E-state index in [0.717, 1.165) is 0 Å². The van der Waals surface area contributed by atoms with Gasteiger partial charge < -0.3 is 8.80 Å². The molecule has 0 aliphatic heterocycles. The molecule has 2 nitrogen and oxygen atoms in total. The zero-order valence-electron chi connectivity index (χ0n) is 24.9. The molecule has 0 saturated heterocycles. The summed E-state index contributed by atoms with van der Waals surface area (Å²) in [7, 11) is 0. The van der Waals surface area contributed by atoms with Crippen molar-refractivity contribution in [3.05, 3.63) is 132 Å². The molecule has 12 rings (SSSR count). The van der Waals surface area contributed by atoms with Crippen molar-refractivity contribution in [2.75, 3.05) is 0 Å². The van der Waals surface area contributed by atoms with Crippen LogP contribution in [0.3, 0.4) is 0 Å². The number of rotatable bonds is 0. The van der Waals surface area contributed by atoms with Crippen LogP contribution in [-0.4, -0.2) is 8.80 Å². The third-order valence-corrected chi connectivity index (χ3v) is 11.3. The molecular formula is C43H26N2. The molecule has 11 aromatic rings. The van der Waals surface area contributed by atoms with Crippen molar-refractivity contribution in [2.24, 2.45) is 0 Å². The molecule has 1 aliphatic rings. The maximum absolute atomic E-state index is 2.56. The fourth-order valence-electron chi connectivity index (χ4n) is 9.46. The second kappa shape index (κ2) is 7.20. The van der Waals surface area contributed by atoms with Gasteiger partial charge >= 0.3 is 0 Å². The minimum Gasteiger partial charge on any atom is -0.308 e. The summed E-state index contributed by atoms with van der Waals surface area (Å²) >= 11 is 0. The van der Waals surface area contributed by atoms with Crippen LogP contribution in [0.2, 0.25) is 0 Å². The number of hydrogen-bond acceptors (Lipinski definition) is 0. The highest BCUT2D eigenvalue weighted by Gasteiger charge is 2.38. The van der Waals surface area contributed by atoms with Crippen molar-refractivity contribution >= 4 is 87.0 Å². The minimum absolute atomic E-state index is 0.0684. The third kappa shape index (κ3) is 2.37. The van der Waals surface area contributed by atoms with E-state index in [0.29, 0.717) is 0 Å². The highest BCUT2D eigenvalue weighted by Crippen LogP contribution is 2.56. The summed E-state index contributed by atoms with van der Waals surface area (Å²) in [5.41, 5.74) is 13.4. The van der Waals surface area contributed by atoms with Gasteiger partial charge in [0.25, 0.3) is 0 Å². The molecule has 0 saturated carbocycles. The molecule has 0 fully saturated rings. The Labute approximate surface area is 258 Å². The minimum atomic E-state index is -0.0684. The Morgan fingerprint density at radius 3 is 1.76 bits per heavy atom. The lowest BCUT2D eigenvalue weighted by Gasteiger charge is -2.21. The molecule has 1 aliphatic carbocycles. The van der Waals surface area contributed by atoms with E-state index >= 15 is 0 Å². The molecule has 0 spiro atoms. The standard InChI is InChI=1S/C43H26N2/c1-43(2)32-16-8-5-13-25(32)39-33(43)21-31-29-20-28-30-19-23-11-3-4-12-24(23)38-26-14-6-9-17-34(26)44(41(30)38)36(28)22-37(29)45-35-18-10-7-15-27(35)40(39)42(31)45/h3-22H,1-2H3. The second-order valence-corrected chi connectivity index (χ2v) is 13.7. The second-order valence-electron chi connectivity index (χ2n) is 13.7. The lowest BCUT2D eigenvalue weighted by Crippen LogP contribution is -2.14. The van der Waals surface area contributed by atoms with Crippen LogP contribution in [0.4, 0.5) is 0 Å². The van der Waals surface area contributed by atoms with E-state index in [2.05, 4.69) is 144 Å². The van der Waals surface area contributed by atoms with Gasteiger partial charge in [0.15, 0.2) is 0 Å². The van der Waals surface area contributed by atoms with Crippen molar-refractivity contribution in [2.45, 2.75) is 19.3 Å². The monoisotopic (exact) mass is 570 g/mol. The summed E-state index contributed by atoms with van der Waals surface area (Å²) in [6, 6.07) is 45.9. The summed E-state index contributed by atoms with van der Waals surface area (Å²) in [5, 5.41) is 13.4. The summed E-state index contributed by atoms with van der Waals surface area (Å²) < 4.78 is 5.10. The van der Waals surface area contributed by atoms with Gasteiger partial charge in [0, 0.05) is 48.5 Å². The van der Waals surface area contributed by atoms with E-state index in [9.17, 15) is 0 Å². The number of fused-ring (bicyclic) bond motifs is 18. The van der Waals surface area contributed by atoms with E-state index in [1.165, 1.54) is 109 Å². The van der Waals surface area contributed by atoms with Crippen LogP contribution in [-0.2, 0) is 5.41 Å². The van der Waals surface area contributed by atoms with Gasteiger partial charge in [-0.1, -0.05) is 98.8 Å². The predicted octanol–water partition coefficient (Wildman–Crippen LogP) is 11.4. The Balaban J connectivity index is 1.37. The fourth-order valence-corrected chi connectivity index (χ4v) is 9.46. The zero-order valence-corrected chi connectivity index (χ0v) is 24.9. The molecule has 4 aromatic heterocycles. The van der Waals surface area contributed by atoms with Crippen molar-refractivity contribution in [3.8, 4) is 11.1 Å². The Bertz CT molecular complexity index is 3110. The number of benzene rings is 7. The average Bonchev–Trinajstić information content (AvgIpc) is 3.83. The number of hydrogen-bond donors (Lipinski definition) is 0. The zero-order chi connectivity index (χ0) is 29.3. The van der Waals surface area contributed by atoms with Crippen LogP contribution < -0.4 is 0 Å². The largest absolute Gasteiger partial charge is 0.308 e. The molecule has 0 amide bonds. The Morgan fingerprint density at radius 2 is 1.00 bits per heavy atom. The van der Waals surface area contributed by atoms with E-state index in [1.807, 2.05) is 0 Å². The third-order valence-electron chi connectivity index (χ3n) is 11.3. The Morgan fingerprint density at radius 1 is 0.422 bits per heavy atom. The van der Waals surface area contributed by atoms with Crippen molar-refractivity contribution < 1.29 is 0 Å². The van der Waals surface area contributed by atoms with E-state index in [1.54, 1.807) is 0 Å². The highest BCUT2D eigenvalue weighted by molar-refractivity contribution is 6.34. The summed E-state index contributed by atoms with van der Waals surface area (Å²) in [4.78, 5) is 0. The highest BCUT2D eigenvalue weighted by atomic mass is 14.9. The maximum Gasteiger partial charge on any atom is 0.0626 e. The van der Waals surface area contributed by atoms with Crippen molar-refractivity contribution in [1.29, 1.82) is 0 Å². The lowest BCUT2D eigenvalue weighted by atomic mass is 9.81. The average molecular weight is 571 g/mol. The topological polar surface area (TPSA) is 8.82 Å². The first kappa shape index (κ1) is 22.9. The van der Waals surface area contributed by atoms with Gasteiger partial charge in [0.05, 0.1) is 33.1 Å². The number of nitrogens with zero attached hydrogens (tertiary/aromatic N) is 2. The van der Waals surface area contributed by atoms with Gasteiger partial charge in [-0.15, -0.1) is 0 Å². The predicted molar refractivity (Wildman–Crippen MR) is 191 cm³/mol. The Kier molecular flexibility index (Phi) is 3.66. The van der Waals surface area contributed by atoms with Crippen LogP contribution in [0.15, 0.2) is 121 Å². The van der Waals surface area contributed by atoms with Crippen LogP contribution >= 0.6 is 0 Å². The SMILES string of the molecule is CC1(C)c2ccccc2-c2c1cc1c3cc4c5cc6ccccc6c6c7ccccc7n(c4cc3n3c4ccccc4c2c13)c56. The molecule has 4 heterocycles. The molecular weight excluding hydrogens is 544 g/mol. The fraction of sp³-hybridized carbons (Fsp3) is 0.0698. The van der Waals surface area contributed by atoms with Crippen molar-refractivity contribution in [1.82, 2.24) is 8.80 Å². The first-order valence-electron chi connectivity index (χ1n) is 16.0. The molecule has 45 heavy (non-hydrogen) atoms. The van der Waals surface area contributed by atoms with E-state index < -0.39 is 0 Å². The molecule has 0 radical (unpaired) electrons. The summed E-state index contributed by atoms with van der Waals surface area (Å²) in [6.07, 6.45) is 0. The normalized spacial score (nSPS) is 14.6. The van der Waals surface area contributed by atoms with Crippen LogP contribution in [0.1, 0.15) is 25.0 Å². The van der Waals surface area contributed by atoms with Gasteiger partial charge in [0.2, 0.25) is 0 Å². The number of para-hydroxylation sites is 2. The van der Waals surface area contributed by atoms with Gasteiger partial charge in [-0.05, 0) is 69.4 Å². The smallest absolute Gasteiger partial charge is 0.0626 e. The Hall–Kier alpha value is -5.60. The summed E-state index contributed by atoms with van der Waals surface area (Å²) in [6.45, 7) is 4.80. The first-order chi connectivity index (χ1) is 22.1. The lowest BCUT2D eigenvalue weighted by molar-refractivity contribution is 0.661. The van der Waals surface area contributed by atoms with Gasteiger partial charge in [-0.2, -0.15) is 0 Å². The van der Waals surface area contributed by atoms with Crippen LogP contribution in [0, 0.1) is 0 Å². The van der Waals surface area contributed by atoms with Gasteiger partial charge in [-0.3, -0.25) is 0 Å². The molecule has 0 N–H and O–H groups in total. The van der Waals surface area contributed by atoms with Crippen molar-refractivity contribution in [3.63, 3.8) is 0 Å². The van der Waals surface area contributed by atoms with E-state index in [-0.39, 0.29) is 5.41 Å². The molecule has 0 bridgehead atoms. The summed E-state index contributed by atoms with van der Waals surface area (Å²) in [5.74, 6) is 0.